The molecule has 3 aliphatic carbocycles. The van der Waals surface area contributed by atoms with Crippen molar-refractivity contribution in [3.05, 3.63) is 0 Å². The fraction of sp³-hybridized carbons (Fsp3) is 1.00. The smallest absolute Gasteiger partial charge is 0.0655 e. The maximum atomic E-state index is 10.9. The molecule has 0 heterocycles. The molecule has 3 aliphatic rings. The second kappa shape index (κ2) is 2.85. The van der Waals surface area contributed by atoms with Crippen LogP contribution in [0.4, 0.5) is 0 Å². The molecule has 0 unspecified atom stereocenters. The average Bonchev–Trinajstić information content (AvgIpc) is 2.68. The molecule has 1 heteroatoms. The van der Waals surface area contributed by atoms with Crippen molar-refractivity contribution in [2.75, 3.05) is 0 Å². The van der Waals surface area contributed by atoms with Gasteiger partial charge in [0, 0.05) is 5.41 Å². The first-order valence-corrected chi connectivity index (χ1v) is 7.02. The fourth-order valence-corrected chi connectivity index (χ4v) is 6.08. The van der Waals surface area contributed by atoms with Gasteiger partial charge in [-0.05, 0) is 54.8 Å². The number of hydrogen-bond acceptors (Lipinski definition) is 1. The predicted octanol–water partition coefficient (Wildman–Crippen LogP) is 3.61. The summed E-state index contributed by atoms with van der Waals surface area (Å²) in [6, 6.07) is 0. The van der Waals surface area contributed by atoms with Crippen molar-refractivity contribution in [2.24, 2.45) is 28.1 Å². The van der Waals surface area contributed by atoms with Gasteiger partial charge in [-0.25, -0.2) is 0 Å². The molecule has 5 atom stereocenters. The summed E-state index contributed by atoms with van der Waals surface area (Å²) in [5.41, 5.74) is 0.832. The molecule has 0 aliphatic heterocycles. The highest BCUT2D eigenvalue weighted by Gasteiger charge is 2.71. The largest absolute Gasteiger partial charge is 0.392 e. The maximum absolute atomic E-state index is 10.9. The first-order chi connectivity index (χ1) is 7.33. The molecule has 1 spiro atoms. The molecule has 92 valence electrons. The number of rotatable bonds is 0. The van der Waals surface area contributed by atoms with E-state index in [0.717, 1.165) is 11.8 Å². The van der Waals surface area contributed by atoms with Crippen LogP contribution in [0.5, 0.6) is 0 Å². The highest BCUT2D eigenvalue weighted by atomic mass is 16.3. The van der Waals surface area contributed by atoms with Crippen LogP contribution in [0.15, 0.2) is 0 Å². The highest BCUT2D eigenvalue weighted by Crippen LogP contribution is 2.75. The summed E-state index contributed by atoms with van der Waals surface area (Å²) in [7, 11) is 0. The van der Waals surface area contributed by atoms with Crippen LogP contribution in [-0.4, -0.2) is 11.2 Å². The third-order valence-corrected chi connectivity index (χ3v) is 6.57. The van der Waals surface area contributed by atoms with E-state index in [1.165, 1.54) is 32.1 Å². The monoisotopic (exact) mass is 222 g/mol. The molecular formula is C15H26O. The van der Waals surface area contributed by atoms with E-state index >= 15 is 0 Å². The molecule has 16 heavy (non-hydrogen) atoms. The Kier molecular flexibility index (Phi) is 1.98. The maximum Gasteiger partial charge on any atom is 0.0655 e. The molecule has 0 saturated heterocycles. The van der Waals surface area contributed by atoms with E-state index in [2.05, 4.69) is 27.7 Å². The molecule has 1 N–H and O–H groups in total. The van der Waals surface area contributed by atoms with Gasteiger partial charge in [-0.15, -0.1) is 0 Å². The van der Waals surface area contributed by atoms with Crippen LogP contribution < -0.4 is 0 Å². The van der Waals surface area contributed by atoms with E-state index in [1.807, 2.05) is 0 Å². The Morgan fingerprint density at radius 1 is 1.06 bits per heavy atom. The topological polar surface area (TPSA) is 20.2 Å². The average molecular weight is 222 g/mol. The third kappa shape index (κ3) is 0.978. The zero-order chi connectivity index (χ0) is 11.8. The first-order valence-electron chi connectivity index (χ1n) is 7.02. The summed E-state index contributed by atoms with van der Waals surface area (Å²) in [5.74, 6) is 1.64. The second-order valence-electron chi connectivity index (χ2n) is 7.83. The lowest BCUT2D eigenvalue weighted by Crippen LogP contribution is -2.43. The van der Waals surface area contributed by atoms with Gasteiger partial charge in [0.15, 0.2) is 0 Å². The lowest BCUT2D eigenvalue weighted by Gasteiger charge is -2.42. The van der Waals surface area contributed by atoms with Crippen LogP contribution in [0.2, 0.25) is 0 Å². The van der Waals surface area contributed by atoms with Crippen LogP contribution in [0.25, 0.3) is 0 Å². The Balaban J connectivity index is 2.10. The molecule has 0 aromatic heterocycles. The van der Waals surface area contributed by atoms with E-state index in [4.69, 9.17) is 0 Å². The Hall–Kier alpha value is -0.0400. The summed E-state index contributed by atoms with van der Waals surface area (Å²) < 4.78 is 0. The number of aliphatic hydroxyl groups excluding tert-OH is 1. The van der Waals surface area contributed by atoms with Gasteiger partial charge >= 0.3 is 0 Å². The van der Waals surface area contributed by atoms with Gasteiger partial charge < -0.3 is 5.11 Å². The van der Waals surface area contributed by atoms with Gasteiger partial charge in [0.05, 0.1) is 6.10 Å². The summed E-state index contributed by atoms with van der Waals surface area (Å²) >= 11 is 0. The molecule has 1 nitrogen and oxygen atoms in total. The summed E-state index contributed by atoms with van der Waals surface area (Å²) in [5, 5.41) is 10.9. The second-order valence-corrected chi connectivity index (χ2v) is 7.83. The van der Waals surface area contributed by atoms with E-state index in [-0.39, 0.29) is 16.9 Å². The lowest BCUT2D eigenvalue weighted by atomic mass is 9.64. The van der Waals surface area contributed by atoms with E-state index in [9.17, 15) is 5.11 Å². The van der Waals surface area contributed by atoms with Crippen LogP contribution >= 0.6 is 0 Å². The molecule has 3 fully saturated rings. The quantitative estimate of drug-likeness (QED) is 0.664. The van der Waals surface area contributed by atoms with Crippen LogP contribution in [0.3, 0.4) is 0 Å². The van der Waals surface area contributed by atoms with Crippen LogP contribution in [0, 0.1) is 28.1 Å². The lowest BCUT2D eigenvalue weighted by molar-refractivity contribution is -0.0497. The molecule has 0 aromatic rings. The Bertz CT molecular complexity index is 321. The summed E-state index contributed by atoms with van der Waals surface area (Å²) in [4.78, 5) is 0. The molecule has 0 aromatic carbocycles. The standard InChI is InChI=1S/C15H26O/c1-10-5-8-15-11(10)6-7-14(15,4)9-13(2,3)12(15)16/h10-12,16H,5-9H2,1-4H3/t10-,11+,12-,14+,15-/m0/s1. The zero-order valence-electron chi connectivity index (χ0n) is 11.2. The van der Waals surface area contributed by atoms with E-state index in [1.54, 1.807) is 0 Å². The summed E-state index contributed by atoms with van der Waals surface area (Å²) in [6.07, 6.45) is 6.49. The SMILES string of the molecule is C[C@H]1CC[C@@]23[C@@H]1CC[C@]2(C)CC(C)(C)[C@@H]3O. The summed E-state index contributed by atoms with van der Waals surface area (Å²) in [6.45, 7) is 9.41. The molecule has 0 amide bonds. The van der Waals surface area contributed by atoms with Crippen LogP contribution in [-0.2, 0) is 0 Å². The van der Waals surface area contributed by atoms with Gasteiger partial charge in [0.25, 0.3) is 0 Å². The Morgan fingerprint density at radius 2 is 1.75 bits per heavy atom. The van der Waals surface area contributed by atoms with E-state index < -0.39 is 0 Å². The molecule has 0 bridgehead atoms. The highest BCUT2D eigenvalue weighted by molar-refractivity contribution is 5.20. The van der Waals surface area contributed by atoms with Crippen molar-refractivity contribution < 1.29 is 5.11 Å². The zero-order valence-corrected chi connectivity index (χ0v) is 11.2. The van der Waals surface area contributed by atoms with Crippen LogP contribution in [0.1, 0.15) is 59.8 Å². The molecule has 0 radical (unpaired) electrons. The Labute approximate surface area is 99.6 Å². The van der Waals surface area contributed by atoms with Gasteiger partial charge in [-0.2, -0.15) is 0 Å². The van der Waals surface area contributed by atoms with Crippen molar-refractivity contribution in [1.82, 2.24) is 0 Å². The van der Waals surface area contributed by atoms with E-state index in [0.29, 0.717) is 5.41 Å². The number of hydrogen-bond donors (Lipinski definition) is 1. The van der Waals surface area contributed by atoms with Gasteiger partial charge in [-0.1, -0.05) is 27.7 Å². The Morgan fingerprint density at radius 3 is 2.44 bits per heavy atom. The third-order valence-electron chi connectivity index (χ3n) is 6.57. The van der Waals surface area contributed by atoms with Crippen molar-refractivity contribution >= 4 is 0 Å². The van der Waals surface area contributed by atoms with Crippen molar-refractivity contribution in [3.8, 4) is 0 Å². The minimum absolute atomic E-state index is 0.0672. The van der Waals surface area contributed by atoms with Crippen molar-refractivity contribution in [2.45, 2.75) is 65.9 Å². The van der Waals surface area contributed by atoms with Gasteiger partial charge in [0.2, 0.25) is 0 Å². The number of aliphatic hydroxyl groups is 1. The molecule has 3 rings (SSSR count). The van der Waals surface area contributed by atoms with Crippen molar-refractivity contribution in [3.63, 3.8) is 0 Å². The minimum Gasteiger partial charge on any atom is -0.392 e. The molecule has 3 saturated carbocycles. The molecular weight excluding hydrogens is 196 g/mol. The van der Waals surface area contributed by atoms with Gasteiger partial charge in [0.1, 0.15) is 0 Å². The fourth-order valence-electron chi connectivity index (χ4n) is 6.08. The van der Waals surface area contributed by atoms with Crippen molar-refractivity contribution in [1.29, 1.82) is 0 Å². The normalized spacial score (nSPS) is 58.7. The van der Waals surface area contributed by atoms with Gasteiger partial charge in [-0.3, -0.25) is 0 Å². The first kappa shape index (κ1) is 11.1. The predicted molar refractivity (Wildman–Crippen MR) is 66.1 cm³/mol. The minimum atomic E-state index is -0.0672.